The predicted octanol–water partition coefficient (Wildman–Crippen LogP) is 4.57. The van der Waals surface area contributed by atoms with Gasteiger partial charge in [-0.1, -0.05) is 42.3 Å². The van der Waals surface area contributed by atoms with E-state index in [0.717, 1.165) is 30.4 Å². The van der Waals surface area contributed by atoms with Crippen LogP contribution in [0, 0.1) is 0 Å². The molecule has 2 aromatic rings. The summed E-state index contributed by atoms with van der Waals surface area (Å²) >= 11 is 5.90. The number of piperidine rings is 1. The third-order valence-corrected chi connectivity index (χ3v) is 6.66. The van der Waals surface area contributed by atoms with Crippen LogP contribution in [0.4, 0.5) is 0 Å². The van der Waals surface area contributed by atoms with Crippen molar-refractivity contribution in [3.8, 4) is 11.1 Å². The van der Waals surface area contributed by atoms with Crippen LogP contribution in [0.5, 0.6) is 0 Å². The van der Waals surface area contributed by atoms with Gasteiger partial charge in [0.2, 0.25) is 10.0 Å². The summed E-state index contributed by atoms with van der Waals surface area (Å²) in [5, 5.41) is 0.687. The van der Waals surface area contributed by atoms with Crippen LogP contribution in [0.15, 0.2) is 53.4 Å². The van der Waals surface area contributed by atoms with Gasteiger partial charge in [0, 0.05) is 17.6 Å². The Labute approximate surface area is 142 Å². The molecule has 1 aliphatic heterocycles. The molecule has 0 amide bonds. The molecule has 0 saturated carbocycles. The molecule has 3 rings (SSSR count). The molecule has 0 bridgehead atoms. The average Bonchev–Trinajstić information content (AvgIpc) is 2.56. The molecular formula is C18H20ClNO2S. The summed E-state index contributed by atoms with van der Waals surface area (Å²) in [7, 11) is -3.40. The van der Waals surface area contributed by atoms with Crippen LogP contribution < -0.4 is 0 Å². The van der Waals surface area contributed by atoms with Crippen molar-refractivity contribution in [2.24, 2.45) is 0 Å². The van der Waals surface area contributed by atoms with E-state index >= 15 is 0 Å². The fraction of sp³-hybridized carbons (Fsp3) is 0.333. The molecule has 1 fully saturated rings. The highest BCUT2D eigenvalue weighted by molar-refractivity contribution is 7.89. The summed E-state index contributed by atoms with van der Waals surface area (Å²) < 4.78 is 27.2. The van der Waals surface area contributed by atoms with Gasteiger partial charge in [0.05, 0.1) is 4.90 Å². The van der Waals surface area contributed by atoms with Gasteiger partial charge in [-0.25, -0.2) is 8.42 Å². The van der Waals surface area contributed by atoms with Crippen molar-refractivity contribution in [3.63, 3.8) is 0 Å². The van der Waals surface area contributed by atoms with Crippen molar-refractivity contribution in [1.29, 1.82) is 0 Å². The maximum Gasteiger partial charge on any atom is 0.243 e. The fourth-order valence-electron chi connectivity index (χ4n) is 3.03. The molecule has 0 aromatic heterocycles. The topological polar surface area (TPSA) is 37.4 Å². The lowest BCUT2D eigenvalue weighted by atomic mass is 10.1. The Balaban J connectivity index is 1.88. The van der Waals surface area contributed by atoms with Crippen LogP contribution in [-0.4, -0.2) is 25.3 Å². The zero-order chi connectivity index (χ0) is 16.4. The molecule has 122 valence electrons. The number of sulfonamides is 1. The monoisotopic (exact) mass is 349 g/mol. The summed E-state index contributed by atoms with van der Waals surface area (Å²) in [5.74, 6) is 0. The molecule has 1 aliphatic rings. The molecule has 0 spiro atoms. The van der Waals surface area contributed by atoms with Crippen molar-refractivity contribution >= 4 is 21.6 Å². The second kappa shape index (κ2) is 6.63. The molecule has 1 unspecified atom stereocenters. The minimum atomic E-state index is -3.40. The lowest BCUT2D eigenvalue weighted by molar-refractivity contribution is 0.268. The first-order valence-corrected chi connectivity index (χ1v) is 9.68. The normalized spacial score (nSPS) is 19.7. The van der Waals surface area contributed by atoms with E-state index in [-0.39, 0.29) is 6.04 Å². The van der Waals surface area contributed by atoms with E-state index in [4.69, 9.17) is 11.6 Å². The highest BCUT2D eigenvalue weighted by Crippen LogP contribution is 2.27. The first kappa shape index (κ1) is 16.5. The van der Waals surface area contributed by atoms with Gasteiger partial charge in [0.15, 0.2) is 0 Å². The van der Waals surface area contributed by atoms with E-state index in [1.807, 2.05) is 43.3 Å². The van der Waals surface area contributed by atoms with Gasteiger partial charge >= 0.3 is 0 Å². The van der Waals surface area contributed by atoms with Crippen LogP contribution in [0.25, 0.3) is 11.1 Å². The molecule has 0 N–H and O–H groups in total. The average molecular weight is 350 g/mol. The van der Waals surface area contributed by atoms with Crippen molar-refractivity contribution in [2.45, 2.75) is 37.1 Å². The summed E-state index contributed by atoms with van der Waals surface area (Å²) in [5.41, 5.74) is 2.00. The minimum absolute atomic E-state index is 0.0738. The maximum absolute atomic E-state index is 12.8. The molecule has 1 atom stereocenters. The molecule has 0 aliphatic carbocycles. The lowest BCUT2D eigenvalue weighted by Crippen LogP contribution is -2.41. The molecule has 2 aromatic carbocycles. The Morgan fingerprint density at radius 1 is 0.957 bits per heavy atom. The molecular weight excluding hydrogens is 330 g/mol. The number of benzene rings is 2. The molecule has 1 heterocycles. The van der Waals surface area contributed by atoms with Gasteiger partial charge in [0.25, 0.3) is 0 Å². The van der Waals surface area contributed by atoms with E-state index < -0.39 is 10.0 Å². The summed E-state index contributed by atoms with van der Waals surface area (Å²) in [6.45, 7) is 2.60. The Morgan fingerprint density at radius 2 is 1.52 bits per heavy atom. The van der Waals surface area contributed by atoms with E-state index in [2.05, 4.69) is 0 Å². The van der Waals surface area contributed by atoms with E-state index in [1.165, 1.54) is 0 Å². The van der Waals surface area contributed by atoms with Crippen LogP contribution in [-0.2, 0) is 10.0 Å². The predicted molar refractivity (Wildman–Crippen MR) is 94.1 cm³/mol. The molecule has 0 radical (unpaired) electrons. The van der Waals surface area contributed by atoms with Crippen LogP contribution in [0.1, 0.15) is 26.2 Å². The second-order valence-electron chi connectivity index (χ2n) is 5.99. The van der Waals surface area contributed by atoms with Gasteiger partial charge in [-0.3, -0.25) is 0 Å². The van der Waals surface area contributed by atoms with Gasteiger partial charge in [-0.15, -0.1) is 0 Å². The van der Waals surface area contributed by atoms with Gasteiger partial charge in [0.1, 0.15) is 0 Å². The second-order valence-corrected chi connectivity index (χ2v) is 8.32. The van der Waals surface area contributed by atoms with Crippen LogP contribution in [0.2, 0.25) is 5.02 Å². The van der Waals surface area contributed by atoms with Gasteiger partial charge < -0.3 is 0 Å². The Morgan fingerprint density at radius 3 is 2.09 bits per heavy atom. The Bertz CT molecular complexity index is 770. The maximum atomic E-state index is 12.8. The van der Waals surface area contributed by atoms with E-state index in [1.54, 1.807) is 16.4 Å². The number of rotatable bonds is 3. The molecule has 1 saturated heterocycles. The molecule has 23 heavy (non-hydrogen) atoms. The number of hydrogen-bond acceptors (Lipinski definition) is 2. The third-order valence-electron chi connectivity index (χ3n) is 4.38. The SMILES string of the molecule is CC1CCCCN1S(=O)(=O)c1ccc(-c2ccc(Cl)cc2)cc1. The fourth-order valence-corrected chi connectivity index (χ4v) is 4.85. The lowest BCUT2D eigenvalue weighted by Gasteiger charge is -2.32. The first-order chi connectivity index (χ1) is 11.0. The molecule has 3 nitrogen and oxygen atoms in total. The highest BCUT2D eigenvalue weighted by Gasteiger charge is 2.30. The quantitative estimate of drug-likeness (QED) is 0.813. The summed E-state index contributed by atoms with van der Waals surface area (Å²) in [6.07, 6.45) is 2.97. The zero-order valence-corrected chi connectivity index (χ0v) is 14.6. The number of nitrogens with zero attached hydrogens (tertiary/aromatic N) is 1. The largest absolute Gasteiger partial charge is 0.243 e. The standard InChI is InChI=1S/C18H20ClNO2S/c1-14-4-2-3-13-20(14)23(21,22)18-11-7-16(8-12-18)15-5-9-17(19)10-6-15/h5-12,14H,2-4,13H2,1H3. The Hall–Kier alpha value is -1.36. The first-order valence-electron chi connectivity index (χ1n) is 7.86. The van der Waals surface area contributed by atoms with Gasteiger partial charge in [-0.2, -0.15) is 4.31 Å². The van der Waals surface area contributed by atoms with E-state index in [9.17, 15) is 8.42 Å². The number of halogens is 1. The van der Waals surface area contributed by atoms with Crippen molar-refractivity contribution < 1.29 is 8.42 Å². The Kier molecular flexibility index (Phi) is 4.76. The molecule has 5 heteroatoms. The number of hydrogen-bond donors (Lipinski definition) is 0. The summed E-state index contributed by atoms with van der Waals surface area (Å²) in [6, 6.07) is 14.7. The van der Waals surface area contributed by atoms with Gasteiger partial charge in [-0.05, 0) is 55.2 Å². The smallest absolute Gasteiger partial charge is 0.207 e. The van der Waals surface area contributed by atoms with Crippen molar-refractivity contribution in [1.82, 2.24) is 4.31 Å². The third kappa shape index (κ3) is 3.44. The van der Waals surface area contributed by atoms with E-state index in [0.29, 0.717) is 16.5 Å². The minimum Gasteiger partial charge on any atom is -0.207 e. The van der Waals surface area contributed by atoms with Crippen molar-refractivity contribution in [2.75, 3.05) is 6.54 Å². The summed E-state index contributed by atoms with van der Waals surface area (Å²) in [4.78, 5) is 0.365. The van der Waals surface area contributed by atoms with Crippen LogP contribution >= 0.6 is 11.6 Å². The zero-order valence-electron chi connectivity index (χ0n) is 13.1. The van der Waals surface area contributed by atoms with Crippen LogP contribution in [0.3, 0.4) is 0 Å². The van der Waals surface area contributed by atoms with Crippen molar-refractivity contribution in [3.05, 3.63) is 53.6 Å². The highest BCUT2D eigenvalue weighted by atomic mass is 35.5.